The topological polar surface area (TPSA) is 114 Å². The molecule has 1 rings (SSSR count). The first-order chi connectivity index (χ1) is 7.49. The summed E-state index contributed by atoms with van der Waals surface area (Å²) < 4.78 is 1.65. The molecule has 1 aromatic heterocycles. The molecule has 8 heteroatoms. The van der Waals surface area contributed by atoms with Gasteiger partial charge in [0.25, 0.3) is 0 Å². The molecule has 1 amide bonds. The first-order valence-electron chi connectivity index (χ1n) is 4.54. The van der Waals surface area contributed by atoms with E-state index in [1.54, 1.807) is 11.6 Å². The summed E-state index contributed by atoms with van der Waals surface area (Å²) in [5.74, 6) is -1.03. The molecule has 0 aliphatic carbocycles. The molecule has 0 atom stereocenters. The number of hydrogen-bond acceptors (Lipinski definition) is 5. The first-order valence-corrected chi connectivity index (χ1v) is 4.54. The molecule has 8 nitrogen and oxygen atoms in total. The number of rotatable bonds is 6. The van der Waals surface area contributed by atoms with E-state index in [1.165, 1.54) is 11.2 Å². The molecule has 1 aromatic rings. The molecule has 0 saturated heterocycles. The number of nitrogens with two attached hydrogens (primary N) is 1. The summed E-state index contributed by atoms with van der Waals surface area (Å²) in [7, 11) is 1.73. The first kappa shape index (κ1) is 12.1. The van der Waals surface area contributed by atoms with Crippen molar-refractivity contribution in [1.29, 1.82) is 0 Å². The van der Waals surface area contributed by atoms with Crippen LogP contribution < -0.4 is 5.73 Å². The van der Waals surface area contributed by atoms with Crippen LogP contribution in [0.5, 0.6) is 0 Å². The molecule has 1 heterocycles. The van der Waals surface area contributed by atoms with Crippen LogP contribution in [0, 0.1) is 0 Å². The fourth-order valence-electron chi connectivity index (χ4n) is 1.23. The molecule has 0 fully saturated rings. The van der Waals surface area contributed by atoms with Crippen LogP contribution in [-0.4, -0.2) is 49.7 Å². The molecule has 0 aromatic carbocycles. The van der Waals surface area contributed by atoms with Gasteiger partial charge in [-0.3, -0.25) is 14.5 Å². The van der Waals surface area contributed by atoms with E-state index in [0.717, 1.165) is 0 Å². The Bertz CT molecular complexity index is 373. The second-order valence-corrected chi connectivity index (χ2v) is 3.36. The number of carboxylic acid groups (broad SMARTS) is 1. The number of carbonyl (C=O) groups is 2. The highest BCUT2D eigenvalue weighted by molar-refractivity contribution is 5.77. The van der Waals surface area contributed by atoms with Gasteiger partial charge in [0.05, 0.1) is 19.6 Å². The number of amides is 1. The third kappa shape index (κ3) is 3.65. The average Bonchev–Trinajstić information content (AvgIpc) is 2.49. The van der Waals surface area contributed by atoms with Gasteiger partial charge in [0.1, 0.15) is 12.2 Å². The standard InChI is InChI=1S/C8H13N5O3/c1-12-5-10-11-7(12)3-13(2-6(9)14)4-8(15)16/h5H,2-4H2,1H3,(H2,9,14)(H,15,16). The van der Waals surface area contributed by atoms with E-state index in [2.05, 4.69) is 10.2 Å². The lowest BCUT2D eigenvalue weighted by Gasteiger charge is -2.17. The third-order valence-electron chi connectivity index (χ3n) is 1.91. The van der Waals surface area contributed by atoms with Gasteiger partial charge in [-0.05, 0) is 0 Å². The van der Waals surface area contributed by atoms with E-state index >= 15 is 0 Å². The van der Waals surface area contributed by atoms with Gasteiger partial charge in [0.15, 0.2) is 0 Å². The van der Waals surface area contributed by atoms with Crippen LogP contribution in [0.15, 0.2) is 6.33 Å². The van der Waals surface area contributed by atoms with Crippen LogP contribution in [0.2, 0.25) is 0 Å². The van der Waals surface area contributed by atoms with Crippen molar-refractivity contribution in [1.82, 2.24) is 19.7 Å². The maximum absolute atomic E-state index is 10.7. The Kier molecular flexibility index (Phi) is 3.95. The quantitative estimate of drug-likeness (QED) is 0.591. The van der Waals surface area contributed by atoms with Crippen LogP contribution in [-0.2, 0) is 23.2 Å². The summed E-state index contributed by atoms with van der Waals surface area (Å²) in [4.78, 5) is 22.7. The van der Waals surface area contributed by atoms with Gasteiger partial charge in [-0.2, -0.15) is 0 Å². The van der Waals surface area contributed by atoms with Gasteiger partial charge in [0.2, 0.25) is 5.91 Å². The van der Waals surface area contributed by atoms with Crippen LogP contribution in [0.25, 0.3) is 0 Å². The second-order valence-electron chi connectivity index (χ2n) is 3.36. The molecule has 0 unspecified atom stereocenters. The maximum atomic E-state index is 10.7. The van der Waals surface area contributed by atoms with Crippen LogP contribution in [0.1, 0.15) is 5.82 Å². The van der Waals surface area contributed by atoms with E-state index in [0.29, 0.717) is 5.82 Å². The van der Waals surface area contributed by atoms with E-state index < -0.39 is 11.9 Å². The smallest absolute Gasteiger partial charge is 0.317 e. The highest BCUT2D eigenvalue weighted by atomic mass is 16.4. The second kappa shape index (κ2) is 5.21. The number of aryl methyl sites for hydroxylation is 1. The number of carbonyl (C=O) groups excluding carboxylic acids is 1. The monoisotopic (exact) mass is 227 g/mol. The Labute approximate surface area is 91.7 Å². The van der Waals surface area contributed by atoms with E-state index in [9.17, 15) is 9.59 Å². The number of primary amides is 1. The number of carboxylic acids is 1. The molecule has 88 valence electrons. The summed E-state index contributed by atoms with van der Waals surface area (Å²) >= 11 is 0. The van der Waals surface area contributed by atoms with Crippen molar-refractivity contribution in [2.45, 2.75) is 6.54 Å². The van der Waals surface area contributed by atoms with E-state index in [-0.39, 0.29) is 19.6 Å². The van der Waals surface area contributed by atoms with Gasteiger partial charge in [0, 0.05) is 7.05 Å². The Morgan fingerprint density at radius 2 is 2.25 bits per heavy atom. The molecule has 0 spiro atoms. The van der Waals surface area contributed by atoms with E-state index in [1.807, 2.05) is 0 Å². The summed E-state index contributed by atoms with van der Waals surface area (Å²) in [5, 5.41) is 16.1. The van der Waals surface area contributed by atoms with Crippen molar-refractivity contribution in [3.8, 4) is 0 Å². The normalized spacial score (nSPS) is 10.6. The number of hydrogen-bond donors (Lipinski definition) is 2. The number of nitrogens with zero attached hydrogens (tertiary/aromatic N) is 4. The fourth-order valence-corrected chi connectivity index (χ4v) is 1.23. The Hall–Kier alpha value is -1.96. The SMILES string of the molecule is Cn1cnnc1CN(CC(N)=O)CC(=O)O. The minimum atomic E-state index is -1.02. The van der Waals surface area contributed by atoms with Gasteiger partial charge in [-0.1, -0.05) is 0 Å². The average molecular weight is 227 g/mol. The minimum Gasteiger partial charge on any atom is -0.480 e. The van der Waals surface area contributed by atoms with E-state index in [4.69, 9.17) is 10.8 Å². The minimum absolute atomic E-state index is 0.126. The molecule has 0 aliphatic rings. The van der Waals surface area contributed by atoms with Crippen molar-refractivity contribution in [3.63, 3.8) is 0 Å². The van der Waals surface area contributed by atoms with Gasteiger partial charge < -0.3 is 15.4 Å². The lowest BCUT2D eigenvalue weighted by atomic mass is 10.4. The molecule has 0 aliphatic heterocycles. The molecule has 16 heavy (non-hydrogen) atoms. The zero-order valence-corrected chi connectivity index (χ0v) is 8.83. The van der Waals surface area contributed by atoms with Gasteiger partial charge >= 0.3 is 5.97 Å². The van der Waals surface area contributed by atoms with Crippen LogP contribution >= 0.6 is 0 Å². The zero-order chi connectivity index (χ0) is 12.1. The Morgan fingerprint density at radius 3 is 2.69 bits per heavy atom. The highest BCUT2D eigenvalue weighted by Gasteiger charge is 2.15. The third-order valence-corrected chi connectivity index (χ3v) is 1.91. The Morgan fingerprint density at radius 1 is 1.56 bits per heavy atom. The molecular weight excluding hydrogens is 214 g/mol. The van der Waals surface area contributed by atoms with Crippen molar-refractivity contribution < 1.29 is 14.7 Å². The van der Waals surface area contributed by atoms with Gasteiger partial charge in [-0.25, -0.2) is 0 Å². The molecule has 0 saturated carbocycles. The largest absolute Gasteiger partial charge is 0.480 e. The van der Waals surface area contributed by atoms with Crippen molar-refractivity contribution in [2.24, 2.45) is 12.8 Å². The lowest BCUT2D eigenvalue weighted by Crippen LogP contribution is -2.37. The molecule has 3 N–H and O–H groups in total. The molecule has 0 radical (unpaired) electrons. The van der Waals surface area contributed by atoms with Crippen molar-refractivity contribution >= 4 is 11.9 Å². The summed E-state index contributed by atoms with van der Waals surface area (Å²) in [6.07, 6.45) is 1.50. The predicted molar refractivity (Wildman–Crippen MR) is 53.1 cm³/mol. The summed E-state index contributed by atoms with van der Waals surface area (Å²) in [5.41, 5.74) is 5.02. The molecule has 0 bridgehead atoms. The maximum Gasteiger partial charge on any atom is 0.317 e. The lowest BCUT2D eigenvalue weighted by molar-refractivity contribution is -0.138. The predicted octanol–water partition coefficient (Wildman–Crippen LogP) is -1.81. The summed E-state index contributed by atoms with van der Waals surface area (Å²) in [6.45, 7) is -0.180. The van der Waals surface area contributed by atoms with Crippen LogP contribution in [0.3, 0.4) is 0 Å². The zero-order valence-electron chi connectivity index (χ0n) is 8.83. The highest BCUT2D eigenvalue weighted by Crippen LogP contribution is 1.99. The Balaban J connectivity index is 2.66. The van der Waals surface area contributed by atoms with Crippen molar-refractivity contribution in [3.05, 3.63) is 12.2 Å². The fraction of sp³-hybridized carbons (Fsp3) is 0.500. The van der Waals surface area contributed by atoms with Crippen LogP contribution in [0.4, 0.5) is 0 Å². The summed E-state index contributed by atoms with van der Waals surface area (Å²) in [6, 6.07) is 0. The van der Waals surface area contributed by atoms with Crippen molar-refractivity contribution in [2.75, 3.05) is 13.1 Å². The molecular formula is C8H13N5O3. The number of aliphatic carboxylic acids is 1. The van der Waals surface area contributed by atoms with Gasteiger partial charge in [-0.15, -0.1) is 10.2 Å². The number of aromatic nitrogens is 3.